The molecule has 3 N–H and O–H groups in total. The molecule has 0 aliphatic rings. The number of benzene rings is 2. The Morgan fingerprint density at radius 2 is 1.83 bits per heavy atom. The van der Waals surface area contributed by atoms with E-state index in [2.05, 4.69) is 21.2 Å². The summed E-state index contributed by atoms with van der Waals surface area (Å²) in [4.78, 5) is 12.2. The number of carbonyl (C=O) groups is 1. The molecule has 0 heterocycles. The molecule has 2 aromatic carbocycles. The maximum Gasteiger partial charge on any atom is 0.266 e. The number of anilines is 1. The van der Waals surface area contributed by atoms with E-state index >= 15 is 0 Å². The summed E-state index contributed by atoms with van der Waals surface area (Å²) in [5.74, 6) is -2.39. The number of rotatable bonds is 4. The smallest absolute Gasteiger partial charge is 0.266 e. The van der Waals surface area contributed by atoms with Crippen molar-refractivity contribution in [2.45, 2.75) is 19.4 Å². The first kappa shape index (κ1) is 18.3. The average molecular weight is 405 g/mol. The summed E-state index contributed by atoms with van der Waals surface area (Å²) >= 11 is 2.94. The lowest BCUT2D eigenvalue weighted by atomic mass is 10.0. The summed E-state index contributed by atoms with van der Waals surface area (Å²) in [6.07, 6.45) is -2.96. The third-order valence-corrected chi connectivity index (χ3v) is 4.05. The molecule has 0 aliphatic carbocycles. The van der Waals surface area contributed by atoms with E-state index in [1.54, 1.807) is 0 Å². The van der Waals surface area contributed by atoms with Gasteiger partial charge in [0.1, 0.15) is 11.6 Å². The highest BCUT2D eigenvalue weighted by atomic mass is 79.9. The van der Waals surface area contributed by atoms with E-state index in [9.17, 15) is 22.4 Å². The molecule has 0 aromatic heterocycles. The van der Waals surface area contributed by atoms with Gasteiger partial charge >= 0.3 is 0 Å². The number of nitrogens with two attached hydrogens (primary N) is 1. The highest BCUT2D eigenvalue weighted by Crippen LogP contribution is 2.28. The van der Waals surface area contributed by atoms with E-state index in [1.165, 1.54) is 25.1 Å². The number of carbonyl (C=O) groups excluding carboxylic acids is 1. The van der Waals surface area contributed by atoms with Gasteiger partial charge in [-0.3, -0.25) is 4.79 Å². The molecule has 2 rings (SSSR count). The fraction of sp³-hybridized carbons (Fsp3) is 0.188. The van der Waals surface area contributed by atoms with Crippen LogP contribution in [-0.4, -0.2) is 5.91 Å². The zero-order valence-corrected chi connectivity index (χ0v) is 14.0. The average Bonchev–Trinajstić information content (AvgIpc) is 2.50. The van der Waals surface area contributed by atoms with Crippen LogP contribution in [0.25, 0.3) is 0 Å². The highest BCUT2D eigenvalue weighted by Gasteiger charge is 2.21. The van der Waals surface area contributed by atoms with E-state index in [-0.39, 0.29) is 21.3 Å². The molecular weight excluding hydrogens is 392 g/mol. The Balaban J connectivity index is 2.27. The maximum atomic E-state index is 14.1. The largest absolute Gasteiger partial charge is 0.398 e. The normalized spacial score (nSPS) is 12.3. The molecule has 0 radical (unpaired) electrons. The summed E-state index contributed by atoms with van der Waals surface area (Å²) in [6.45, 7) is 1.44. The van der Waals surface area contributed by atoms with Crippen LogP contribution in [0.3, 0.4) is 0 Å². The monoisotopic (exact) mass is 404 g/mol. The fourth-order valence-corrected chi connectivity index (χ4v) is 2.53. The Labute approximate surface area is 144 Å². The van der Waals surface area contributed by atoms with E-state index in [0.717, 1.165) is 12.1 Å². The van der Waals surface area contributed by atoms with Crippen molar-refractivity contribution in [3.63, 3.8) is 0 Å². The van der Waals surface area contributed by atoms with Crippen molar-refractivity contribution in [2.75, 3.05) is 5.73 Å². The van der Waals surface area contributed by atoms with Crippen LogP contribution in [0.4, 0.5) is 23.2 Å². The second kappa shape index (κ2) is 7.21. The predicted molar refractivity (Wildman–Crippen MR) is 85.8 cm³/mol. The SMILES string of the molecule is C[C@@H](NC(=O)c1cc(Br)c(F)cc1N)c1cccc(C(F)F)c1F. The van der Waals surface area contributed by atoms with Gasteiger partial charge < -0.3 is 11.1 Å². The van der Waals surface area contributed by atoms with Crippen LogP contribution in [0.1, 0.15) is 40.9 Å². The minimum Gasteiger partial charge on any atom is -0.398 e. The van der Waals surface area contributed by atoms with E-state index < -0.39 is 35.6 Å². The van der Waals surface area contributed by atoms with Gasteiger partial charge in [0.25, 0.3) is 12.3 Å². The first-order chi connectivity index (χ1) is 11.2. The molecule has 0 aliphatic heterocycles. The lowest BCUT2D eigenvalue weighted by Crippen LogP contribution is -2.28. The van der Waals surface area contributed by atoms with Gasteiger partial charge in [0.15, 0.2) is 0 Å². The van der Waals surface area contributed by atoms with Crippen molar-refractivity contribution >= 4 is 27.5 Å². The Hall–Kier alpha value is -2.09. The highest BCUT2D eigenvalue weighted by molar-refractivity contribution is 9.10. The third-order valence-electron chi connectivity index (χ3n) is 3.44. The van der Waals surface area contributed by atoms with Gasteiger partial charge in [-0.2, -0.15) is 0 Å². The van der Waals surface area contributed by atoms with Gasteiger partial charge in [-0.1, -0.05) is 18.2 Å². The van der Waals surface area contributed by atoms with Crippen molar-refractivity contribution in [3.05, 3.63) is 63.1 Å². The van der Waals surface area contributed by atoms with Gasteiger partial charge in [-0.25, -0.2) is 17.6 Å². The van der Waals surface area contributed by atoms with Crippen molar-refractivity contribution in [3.8, 4) is 0 Å². The molecule has 2 aromatic rings. The fourth-order valence-electron chi connectivity index (χ4n) is 2.18. The van der Waals surface area contributed by atoms with Gasteiger partial charge in [0, 0.05) is 11.3 Å². The topological polar surface area (TPSA) is 55.1 Å². The van der Waals surface area contributed by atoms with Gasteiger partial charge in [-0.15, -0.1) is 0 Å². The van der Waals surface area contributed by atoms with Crippen LogP contribution < -0.4 is 11.1 Å². The first-order valence-electron chi connectivity index (χ1n) is 6.84. The number of alkyl halides is 2. The standard InChI is InChI=1S/C16H13BrF4N2O/c1-7(8-3-2-4-9(14(8)19)15(20)21)23-16(24)10-5-11(17)12(18)6-13(10)22/h2-7,15H,22H2,1H3,(H,23,24)/t7-/m1/s1. The zero-order chi connectivity index (χ0) is 18.0. The lowest BCUT2D eigenvalue weighted by molar-refractivity contribution is 0.0940. The van der Waals surface area contributed by atoms with Gasteiger partial charge in [0.05, 0.1) is 21.6 Å². The minimum atomic E-state index is -2.96. The molecule has 0 unspecified atom stereocenters. The van der Waals surface area contributed by atoms with Gasteiger partial charge in [0.2, 0.25) is 0 Å². The summed E-state index contributed by atoms with van der Waals surface area (Å²) in [7, 11) is 0. The molecule has 1 amide bonds. The molecule has 0 saturated carbocycles. The van der Waals surface area contributed by atoms with Crippen LogP contribution in [0, 0.1) is 11.6 Å². The van der Waals surface area contributed by atoms with E-state index in [0.29, 0.717) is 0 Å². The van der Waals surface area contributed by atoms with Crippen LogP contribution in [-0.2, 0) is 0 Å². The zero-order valence-electron chi connectivity index (χ0n) is 12.4. The first-order valence-corrected chi connectivity index (χ1v) is 7.63. The molecule has 0 bridgehead atoms. The van der Waals surface area contributed by atoms with Crippen LogP contribution in [0.5, 0.6) is 0 Å². The van der Waals surface area contributed by atoms with Gasteiger partial charge in [-0.05, 0) is 35.0 Å². The van der Waals surface area contributed by atoms with Crippen molar-refractivity contribution in [1.82, 2.24) is 5.32 Å². The summed E-state index contributed by atoms with van der Waals surface area (Å²) in [6, 6.07) is 4.84. The summed E-state index contributed by atoms with van der Waals surface area (Å²) < 4.78 is 53.0. The predicted octanol–water partition coefficient (Wildman–Crippen LogP) is 4.74. The van der Waals surface area contributed by atoms with Crippen LogP contribution in [0.15, 0.2) is 34.8 Å². The molecule has 0 fully saturated rings. The molecule has 128 valence electrons. The second-order valence-electron chi connectivity index (χ2n) is 5.10. The molecule has 8 heteroatoms. The number of hydrogen-bond acceptors (Lipinski definition) is 2. The lowest BCUT2D eigenvalue weighted by Gasteiger charge is -2.17. The Bertz CT molecular complexity index is 783. The Morgan fingerprint density at radius 3 is 2.46 bits per heavy atom. The number of hydrogen-bond donors (Lipinski definition) is 2. The molecular formula is C16H13BrF4N2O. The second-order valence-corrected chi connectivity index (χ2v) is 5.95. The number of amides is 1. The summed E-state index contributed by atoms with van der Waals surface area (Å²) in [5, 5.41) is 2.46. The Morgan fingerprint density at radius 1 is 1.21 bits per heavy atom. The molecule has 0 saturated heterocycles. The van der Waals surface area contributed by atoms with Crippen LogP contribution in [0.2, 0.25) is 0 Å². The number of nitrogens with one attached hydrogen (secondary N) is 1. The Kier molecular flexibility index (Phi) is 5.48. The third kappa shape index (κ3) is 3.69. The molecule has 3 nitrogen and oxygen atoms in total. The van der Waals surface area contributed by atoms with Crippen LogP contribution >= 0.6 is 15.9 Å². The maximum absolute atomic E-state index is 14.1. The quantitative estimate of drug-likeness (QED) is 0.571. The number of nitrogen functional groups attached to an aromatic ring is 1. The van der Waals surface area contributed by atoms with E-state index in [1.807, 2.05) is 0 Å². The van der Waals surface area contributed by atoms with Crippen molar-refractivity contribution in [1.29, 1.82) is 0 Å². The van der Waals surface area contributed by atoms with Crippen molar-refractivity contribution < 1.29 is 22.4 Å². The molecule has 24 heavy (non-hydrogen) atoms. The number of halogens is 5. The summed E-state index contributed by atoms with van der Waals surface area (Å²) in [5.41, 5.74) is 4.68. The van der Waals surface area contributed by atoms with Crippen molar-refractivity contribution in [2.24, 2.45) is 0 Å². The molecule has 0 spiro atoms. The minimum absolute atomic E-state index is 0.0134. The van der Waals surface area contributed by atoms with E-state index in [4.69, 9.17) is 5.73 Å². The molecule has 1 atom stereocenters.